The molecule has 0 radical (unpaired) electrons. The largest absolute Gasteiger partial charge is 0.383 e. The molecule has 2 N–H and O–H groups in total. The van der Waals surface area contributed by atoms with Gasteiger partial charge >= 0.3 is 0 Å². The van der Waals surface area contributed by atoms with Gasteiger partial charge in [-0.1, -0.05) is 13.8 Å². The lowest BCUT2D eigenvalue weighted by molar-refractivity contribution is -0.134. The van der Waals surface area contributed by atoms with Gasteiger partial charge in [-0.25, -0.2) is 0 Å². The fraction of sp³-hybridized carbons (Fsp3) is 0.917. The van der Waals surface area contributed by atoms with E-state index in [0.29, 0.717) is 25.5 Å². The van der Waals surface area contributed by atoms with Gasteiger partial charge in [-0.15, -0.1) is 0 Å². The first-order valence-corrected chi connectivity index (χ1v) is 5.94. The van der Waals surface area contributed by atoms with Gasteiger partial charge in [-0.3, -0.25) is 4.79 Å². The third-order valence-corrected chi connectivity index (χ3v) is 2.75. The second-order valence-corrected chi connectivity index (χ2v) is 4.79. The zero-order valence-electron chi connectivity index (χ0n) is 11.2. The molecular weight excluding hydrogens is 204 g/mol. The summed E-state index contributed by atoms with van der Waals surface area (Å²) in [4.78, 5) is 13.8. The van der Waals surface area contributed by atoms with Gasteiger partial charge in [0.2, 0.25) is 5.91 Å². The van der Waals surface area contributed by atoms with Gasteiger partial charge in [0.25, 0.3) is 0 Å². The van der Waals surface area contributed by atoms with E-state index in [4.69, 9.17) is 10.5 Å². The van der Waals surface area contributed by atoms with Crippen LogP contribution in [-0.2, 0) is 9.53 Å². The Balaban J connectivity index is 4.27. The molecule has 0 fully saturated rings. The summed E-state index contributed by atoms with van der Waals surface area (Å²) in [5, 5.41) is 0. The van der Waals surface area contributed by atoms with Crippen LogP contribution in [0.15, 0.2) is 0 Å². The van der Waals surface area contributed by atoms with Crippen molar-refractivity contribution >= 4 is 5.91 Å². The highest BCUT2D eigenvalue weighted by molar-refractivity contribution is 5.77. The summed E-state index contributed by atoms with van der Waals surface area (Å²) in [5.74, 6) is 0.452. The molecule has 0 aromatic rings. The number of hydrogen-bond donors (Lipinski definition) is 1. The Morgan fingerprint density at radius 1 is 1.31 bits per heavy atom. The molecule has 0 spiro atoms. The highest BCUT2D eigenvalue weighted by atomic mass is 16.5. The summed E-state index contributed by atoms with van der Waals surface area (Å²) >= 11 is 0. The number of carbonyl (C=O) groups excluding carboxylic acids is 1. The van der Waals surface area contributed by atoms with Crippen molar-refractivity contribution < 1.29 is 9.53 Å². The predicted molar refractivity (Wildman–Crippen MR) is 66.2 cm³/mol. The molecule has 0 saturated heterocycles. The van der Waals surface area contributed by atoms with Crippen LogP contribution in [-0.4, -0.2) is 43.2 Å². The molecule has 96 valence electrons. The average Bonchev–Trinajstić information content (AvgIpc) is 2.17. The predicted octanol–water partition coefficient (Wildman–Crippen LogP) is 1.24. The summed E-state index contributed by atoms with van der Waals surface area (Å²) in [5.41, 5.74) is 5.91. The third kappa shape index (κ3) is 5.47. The smallest absolute Gasteiger partial charge is 0.224 e. The Labute approximate surface area is 99.1 Å². The monoisotopic (exact) mass is 230 g/mol. The zero-order valence-corrected chi connectivity index (χ0v) is 11.2. The lowest BCUT2D eigenvalue weighted by atomic mass is 10.0. The average molecular weight is 230 g/mol. The van der Waals surface area contributed by atoms with Crippen LogP contribution >= 0.6 is 0 Å². The van der Waals surface area contributed by atoms with Gasteiger partial charge in [0.1, 0.15) is 0 Å². The van der Waals surface area contributed by atoms with E-state index in [1.165, 1.54) is 0 Å². The molecule has 0 aromatic heterocycles. The van der Waals surface area contributed by atoms with Crippen molar-refractivity contribution in [1.29, 1.82) is 0 Å². The van der Waals surface area contributed by atoms with Gasteiger partial charge < -0.3 is 15.4 Å². The van der Waals surface area contributed by atoms with Gasteiger partial charge in [0.05, 0.1) is 6.61 Å². The van der Waals surface area contributed by atoms with Crippen LogP contribution in [0, 0.1) is 5.92 Å². The molecule has 0 heterocycles. The topological polar surface area (TPSA) is 55.6 Å². The second-order valence-electron chi connectivity index (χ2n) is 4.79. The fourth-order valence-electron chi connectivity index (χ4n) is 1.42. The number of nitrogens with two attached hydrogens (primary N) is 1. The lowest BCUT2D eigenvalue weighted by Crippen LogP contribution is -2.43. The first-order chi connectivity index (χ1) is 7.40. The third-order valence-electron chi connectivity index (χ3n) is 2.75. The van der Waals surface area contributed by atoms with Crippen molar-refractivity contribution in [1.82, 2.24) is 4.90 Å². The maximum Gasteiger partial charge on any atom is 0.224 e. The van der Waals surface area contributed by atoms with E-state index < -0.39 is 0 Å². The molecule has 16 heavy (non-hydrogen) atoms. The standard InChI is InChI=1S/C12H26N2O2/c1-9(2)11(13)8-12(15)14(10(3)4)6-7-16-5/h9-11H,6-8,13H2,1-5H3. The fourth-order valence-corrected chi connectivity index (χ4v) is 1.42. The quantitative estimate of drug-likeness (QED) is 0.716. The molecule has 0 bridgehead atoms. The summed E-state index contributed by atoms with van der Waals surface area (Å²) in [7, 11) is 1.64. The normalized spacial score (nSPS) is 13.2. The maximum absolute atomic E-state index is 12.0. The van der Waals surface area contributed by atoms with E-state index in [-0.39, 0.29) is 18.0 Å². The minimum absolute atomic E-state index is 0.0590. The first kappa shape index (κ1) is 15.4. The molecule has 0 aromatic carbocycles. The van der Waals surface area contributed by atoms with E-state index in [2.05, 4.69) is 0 Å². The van der Waals surface area contributed by atoms with E-state index in [1.54, 1.807) is 7.11 Å². The highest BCUT2D eigenvalue weighted by Gasteiger charge is 2.20. The molecule has 0 aliphatic carbocycles. The van der Waals surface area contributed by atoms with Crippen molar-refractivity contribution in [3.05, 3.63) is 0 Å². The second kappa shape index (κ2) is 7.63. The first-order valence-electron chi connectivity index (χ1n) is 5.94. The molecule has 4 heteroatoms. The van der Waals surface area contributed by atoms with Crippen LogP contribution in [0.2, 0.25) is 0 Å². The van der Waals surface area contributed by atoms with E-state index in [0.717, 1.165) is 0 Å². The molecule has 1 unspecified atom stereocenters. The van der Waals surface area contributed by atoms with Gasteiger partial charge in [0, 0.05) is 32.2 Å². The summed E-state index contributed by atoms with van der Waals surface area (Å²) in [6, 6.07) is 0.137. The number of amides is 1. The van der Waals surface area contributed by atoms with Gasteiger partial charge in [0.15, 0.2) is 0 Å². The minimum atomic E-state index is -0.0590. The zero-order chi connectivity index (χ0) is 12.7. The molecule has 0 aliphatic heterocycles. The molecule has 0 rings (SSSR count). The molecule has 1 atom stereocenters. The minimum Gasteiger partial charge on any atom is -0.383 e. The molecular formula is C12H26N2O2. The maximum atomic E-state index is 12.0. The molecule has 0 aliphatic rings. The van der Waals surface area contributed by atoms with Crippen LogP contribution in [0.5, 0.6) is 0 Å². The lowest BCUT2D eigenvalue weighted by Gasteiger charge is -2.28. The van der Waals surface area contributed by atoms with E-state index >= 15 is 0 Å². The molecule has 4 nitrogen and oxygen atoms in total. The highest BCUT2D eigenvalue weighted by Crippen LogP contribution is 2.08. The summed E-state index contributed by atoms with van der Waals surface area (Å²) in [6.07, 6.45) is 0.416. The van der Waals surface area contributed by atoms with Crippen molar-refractivity contribution in [3.63, 3.8) is 0 Å². The Bertz CT molecular complexity index is 205. The number of hydrogen-bond acceptors (Lipinski definition) is 3. The van der Waals surface area contributed by atoms with Crippen molar-refractivity contribution in [3.8, 4) is 0 Å². The van der Waals surface area contributed by atoms with E-state index in [9.17, 15) is 4.79 Å². The number of ether oxygens (including phenoxy) is 1. The van der Waals surface area contributed by atoms with Crippen LogP contribution in [0.3, 0.4) is 0 Å². The number of nitrogens with zero attached hydrogens (tertiary/aromatic N) is 1. The van der Waals surface area contributed by atoms with Crippen LogP contribution < -0.4 is 5.73 Å². The SMILES string of the molecule is COCCN(C(=O)CC(N)C(C)C)C(C)C. The van der Waals surface area contributed by atoms with Gasteiger partial charge in [-0.05, 0) is 19.8 Å². The number of rotatable bonds is 7. The van der Waals surface area contributed by atoms with Crippen molar-refractivity contribution in [2.24, 2.45) is 11.7 Å². The Morgan fingerprint density at radius 2 is 1.88 bits per heavy atom. The Morgan fingerprint density at radius 3 is 2.25 bits per heavy atom. The van der Waals surface area contributed by atoms with Crippen LogP contribution in [0.25, 0.3) is 0 Å². The molecule has 0 saturated carbocycles. The number of methoxy groups -OCH3 is 1. The van der Waals surface area contributed by atoms with Crippen molar-refractivity contribution in [2.75, 3.05) is 20.3 Å². The van der Waals surface area contributed by atoms with Gasteiger partial charge in [-0.2, -0.15) is 0 Å². The van der Waals surface area contributed by atoms with Crippen LogP contribution in [0.1, 0.15) is 34.1 Å². The van der Waals surface area contributed by atoms with Crippen LogP contribution in [0.4, 0.5) is 0 Å². The molecule has 1 amide bonds. The summed E-state index contributed by atoms with van der Waals surface area (Å²) < 4.78 is 5.00. The number of carbonyl (C=O) groups is 1. The van der Waals surface area contributed by atoms with Crippen molar-refractivity contribution in [2.45, 2.75) is 46.2 Å². The van der Waals surface area contributed by atoms with E-state index in [1.807, 2.05) is 32.6 Å². The Hall–Kier alpha value is -0.610. The Kier molecular flexibility index (Phi) is 7.34. The summed E-state index contributed by atoms with van der Waals surface area (Å²) in [6.45, 7) is 9.29.